The van der Waals surface area contributed by atoms with Crippen LogP contribution in [0.15, 0.2) is 12.1 Å². The van der Waals surface area contributed by atoms with Crippen molar-refractivity contribution in [2.45, 2.75) is 25.9 Å². The van der Waals surface area contributed by atoms with Crippen LogP contribution in [0.25, 0.3) is 0 Å². The highest BCUT2D eigenvalue weighted by Crippen LogP contribution is 2.21. The van der Waals surface area contributed by atoms with E-state index in [1.165, 1.54) is 5.56 Å². The molecule has 0 amide bonds. The number of pyridine rings is 1. The maximum absolute atomic E-state index is 9.38. The van der Waals surface area contributed by atoms with Gasteiger partial charge in [-0.1, -0.05) is 6.07 Å². The van der Waals surface area contributed by atoms with Crippen molar-refractivity contribution in [1.82, 2.24) is 10.3 Å². The van der Waals surface area contributed by atoms with Crippen molar-refractivity contribution in [3.63, 3.8) is 0 Å². The molecule has 1 aromatic heterocycles. The first kappa shape index (κ1) is 11.4. The van der Waals surface area contributed by atoms with Crippen molar-refractivity contribution in [3.05, 3.63) is 23.4 Å². The third-order valence-electron chi connectivity index (χ3n) is 3.16. The molecule has 0 bridgehead atoms. The van der Waals surface area contributed by atoms with Crippen LogP contribution >= 0.6 is 0 Å². The molecule has 0 spiro atoms. The molecule has 1 aromatic rings. The van der Waals surface area contributed by atoms with Crippen LogP contribution in [0, 0.1) is 6.92 Å². The summed E-state index contributed by atoms with van der Waals surface area (Å²) in [6.07, 6.45) is 0.946. The van der Waals surface area contributed by atoms with Crippen LogP contribution in [0.4, 0.5) is 5.82 Å². The number of aryl methyl sites for hydroxylation is 1. The second kappa shape index (κ2) is 4.80. The monoisotopic (exact) mass is 221 g/mol. The van der Waals surface area contributed by atoms with Gasteiger partial charge in [-0.3, -0.25) is 0 Å². The number of aromatic nitrogens is 1. The quantitative estimate of drug-likeness (QED) is 0.732. The zero-order valence-corrected chi connectivity index (χ0v) is 9.90. The van der Waals surface area contributed by atoms with Gasteiger partial charge in [-0.05, 0) is 26.0 Å². The van der Waals surface area contributed by atoms with Crippen LogP contribution in [0.2, 0.25) is 0 Å². The summed E-state index contributed by atoms with van der Waals surface area (Å²) in [7, 11) is 2.01. The van der Waals surface area contributed by atoms with Gasteiger partial charge in [0.1, 0.15) is 5.82 Å². The summed E-state index contributed by atoms with van der Waals surface area (Å²) in [5.74, 6) is 0.992. The van der Waals surface area contributed by atoms with Crippen LogP contribution < -0.4 is 10.2 Å². The van der Waals surface area contributed by atoms with Gasteiger partial charge < -0.3 is 15.3 Å². The fourth-order valence-electron chi connectivity index (χ4n) is 2.09. The molecule has 1 atom stereocenters. The van der Waals surface area contributed by atoms with E-state index in [4.69, 9.17) is 0 Å². The molecule has 1 unspecified atom stereocenters. The number of hydrogen-bond donors (Lipinski definition) is 2. The van der Waals surface area contributed by atoms with Crippen LogP contribution in [0.3, 0.4) is 0 Å². The Kier molecular flexibility index (Phi) is 3.41. The predicted molar refractivity (Wildman–Crippen MR) is 64.6 cm³/mol. The molecule has 2 heterocycles. The van der Waals surface area contributed by atoms with E-state index >= 15 is 0 Å². The van der Waals surface area contributed by atoms with Crippen molar-refractivity contribution in [1.29, 1.82) is 0 Å². The zero-order valence-electron chi connectivity index (χ0n) is 9.90. The van der Waals surface area contributed by atoms with Crippen molar-refractivity contribution in [2.75, 3.05) is 25.1 Å². The first-order chi connectivity index (χ1) is 7.72. The first-order valence-corrected chi connectivity index (χ1v) is 5.73. The summed E-state index contributed by atoms with van der Waals surface area (Å²) in [6, 6.07) is 4.30. The van der Waals surface area contributed by atoms with Crippen LogP contribution in [-0.2, 0) is 6.54 Å². The summed E-state index contributed by atoms with van der Waals surface area (Å²) < 4.78 is 0. The van der Waals surface area contributed by atoms with E-state index in [1.807, 2.05) is 20.0 Å². The number of aliphatic hydroxyl groups is 1. The van der Waals surface area contributed by atoms with Crippen LogP contribution in [0.5, 0.6) is 0 Å². The molecular formula is C12H19N3O. The number of rotatable bonds is 1. The Balaban J connectivity index is 2.37. The van der Waals surface area contributed by atoms with Gasteiger partial charge in [-0.15, -0.1) is 0 Å². The Bertz CT molecular complexity index is 367. The summed E-state index contributed by atoms with van der Waals surface area (Å²) in [4.78, 5) is 6.67. The lowest BCUT2D eigenvalue weighted by atomic mass is 10.1. The second-order valence-corrected chi connectivity index (χ2v) is 4.35. The molecule has 0 saturated heterocycles. The van der Waals surface area contributed by atoms with Gasteiger partial charge in [-0.2, -0.15) is 0 Å². The Morgan fingerprint density at radius 1 is 1.56 bits per heavy atom. The van der Waals surface area contributed by atoms with E-state index in [2.05, 4.69) is 21.3 Å². The molecule has 16 heavy (non-hydrogen) atoms. The smallest absolute Gasteiger partial charge is 0.133 e. The van der Waals surface area contributed by atoms with E-state index in [1.54, 1.807) is 0 Å². The number of anilines is 1. The molecule has 2 N–H and O–H groups in total. The average Bonchev–Trinajstić information content (AvgIpc) is 2.28. The molecule has 0 aromatic carbocycles. The summed E-state index contributed by atoms with van der Waals surface area (Å²) in [5, 5.41) is 12.7. The third-order valence-corrected chi connectivity index (χ3v) is 3.16. The Labute approximate surface area is 96.3 Å². The first-order valence-electron chi connectivity index (χ1n) is 5.73. The van der Waals surface area contributed by atoms with Gasteiger partial charge in [0.25, 0.3) is 0 Å². The predicted octanol–water partition coefficient (Wildman–Crippen LogP) is 0.680. The molecule has 0 fully saturated rings. The van der Waals surface area contributed by atoms with E-state index in [0.29, 0.717) is 0 Å². The number of fused-ring (bicyclic) bond motifs is 1. The molecule has 1 aliphatic rings. The van der Waals surface area contributed by atoms with Crippen molar-refractivity contribution < 1.29 is 5.11 Å². The molecule has 0 aliphatic carbocycles. The van der Waals surface area contributed by atoms with Crippen LogP contribution in [0.1, 0.15) is 17.7 Å². The number of nitrogens with zero attached hydrogens (tertiary/aromatic N) is 2. The van der Waals surface area contributed by atoms with E-state index in [-0.39, 0.29) is 12.6 Å². The molecular weight excluding hydrogens is 202 g/mol. The van der Waals surface area contributed by atoms with Crippen molar-refractivity contribution in [2.24, 2.45) is 0 Å². The van der Waals surface area contributed by atoms with Crippen LogP contribution in [-0.4, -0.2) is 36.3 Å². The molecule has 0 radical (unpaired) electrons. The molecule has 2 rings (SSSR count). The second-order valence-electron chi connectivity index (χ2n) is 4.35. The molecule has 88 valence electrons. The van der Waals surface area contributed by atoms with Crippen molar-refractivity contribution in [3.8, 4) is 0 Å². The summed E-state index contributed by atoms with van der Waals surface area (Å²) >= 11 is 0. The Hall–Kier alpha value is -1.13. The largest absolute Gasteiger partial charge is 0.394 e. The molecule has 0 saturated carbocycles. The third kappa shape index (κ3) is 2.18. The van der Waals surface area contributed by atoms with Gasteiger partial charge in [0, 0.05) is 24.8 Å². The highest BCUT2D eigenvalue weighted by molar-refractivity contribution is 5.48. The number of likely N-dealkylation sites (N-methyl/N-ethyl adjacent to an activating group) is 1. The zero-order chi connectivity index (χ0) is 11.5. The van der Waals surface area contributed by atoms with Crippen molar-refractivity contribution >= 4 is 5.82 Å². The number of nitrogens with one attached hydrogen (secondary N) is 1. The number of aliphatic hydroxyl groups excluding tert-OH is 1. The fourth-order valence-corrected chi connectivity index (χ4v) is 2.09. The minimum atomic E-state index is 0.154. The summed E-state index contributed by atoms with van der Waals surface area (Å²) in [6.45, 7) is 3.95. The maximum atomic E-state index is 9.38. The lowest BCUT2D eigenvalue weighted by Gasteiger charge is -2.31. The van der Waals surface area contributed by atoms with E-state index < -0.39 is 0 Å². The number of hydrogen-bond acceptors (Lipinski definition) is 4. The van der Waals surface area contributed by atoms with Gasteiger partial charge in [0.2, 0.25) is 0 Å². The topological polar surface area (TPSA) is 48.4 Å². The summed E-state index contributed by atoms with van der Waals surface area (Å²) in [5.41, 5.74) is 2.22. The van der Waals surface area contributed by atoms with Gasteiger partial charge >= 0.3 is 0 Å². The average molecular weight is 221 g/mol. The van der Waals surface area contributed by atoms with E-state index in [9.17, 15) is 5.11 Å². The lowest BCUT2D eigenvalue weighted by molar-refractivity contribution is 0.253. The molecule has 1 aliphatic heterocycles. The van der Waals surface area contributed by atoms with Gasteiger partial charge in [0.15, 0.2) is 0 Å². The normalized spacial score (nSPS) is 21.2. The maximum Gasteiger partial charge on any atom is 0.133 e. The molecule has 4 heteroatoms. The minimum Gasteiger partial charge on any atom is -0.394 e. The fraction of sp³-hybridized carbons (Fsp3) is 0.583. The van der Waals surface area contributed by atoms with Gasteiger partial charge in [-0.25, -0.2) is 4.98 Å². The van der Waals surface area contributed by atoms with E-state index in [0.717, 1.165) is 31.0 Å². The highest BCUT2D eigenvalue weighted by Gasteiger charge is 2.20. The minimum absolute atomic E-state index is 0.154. The molecule has 4 nitrogen and oxygen atoms in total. The standard InChI is InChI=1S/C12H19N3O/c1-9-3-4-10-7-13-6-5-11(8-16)15(2)12(10)14-9/h3-4,11,13,16H,5-8H2,1-2H3. The Morgan fingerprint density at radius 2 is 2.38 bits per heavy atom. The van der Waals surface area contributed by atoms with Gasteiger partial charge in [0.05, 0.1) is 12.6 Å². The lowest BCUT2D eigenvalue weighted by Crippen LogP contribution is -2.40. The Morgan fingerprint density at radius 3 is 3.12 bits per heavy atom. The highest BCUT2D eigenvalue weighted by atomic mass is 16.3. The SMILES string of the molecule is Cc1ccc2c(n1)N(C)C(CO)CCNC2.